The molecule has 1 aromatic rings. The number of phenolic OH excluding ortho intramolecular Hbond substituents is 1. The highest BCUT2D eigenvalue weighted by molar-refractivity contribution is 5.97. The van der Waals surface area contributed by atoms with Crippen LogP contribution in [0.25, 0.3) is 0 Å². The number of carbonyl (C=O) groups is 1. The molecule has 1 amide bonds. The molecule has 3 nitrogen and oxygen atoms in total. The van der Waals surface area contributed by atoms with E-state index in [9.17, 15) is 9.90 Å². The lowest BCUT2D eigenvalue weighted by Crippen LogP contribution is -2.37. The van der Waals surface area contributed by atoms with E-state index in [1.807, 2.05) is 19.1 Å². The van der Waals surface area contributed by atoms with E-state index in [0.717, 1.165) is 24.3 Å². The molecule has 0 aromatic heterocycles. The van der Waals surface area contributed by atoms with Gasteiger partial charge in [0.15, 0.2) is 0 Å². The maximum absolute atomic E-state index is 12.2. The van der Waals surface area contributed by atoms with Gasteiger partial charge in [-0.1, -0.05) is 31.9 Å². The summed E-state index contributed by atoms with van der Waals surface area (Å²) < 4.78 is 0. The number of carbonyl (C=O) groups excluding carboxylic acids is 1. The number of hydrogen-bond donors (Lipinski definition) is 2. The number of aryl methyl sites for hydroxylation is 1. The molecule has 0 bridgehead atoms. The molecule has 2 rings (SSSR count). The molecule has 20 heavy (non-hydrogen) atoms. The van der Waals surface area contributed by atoms with Crippen molar-refractivity contribution in [3.8, 4) is 5.75 Å². The molecule has 1 saturated carbocycles. The Morgan fingerprint density at radius 2 is 2.00 bits per heavy atom. The predicted molar refractivity (Wildman–Crippen MR) is 81.0 cm³/mol. The Hall–Kier alpha value is -1.51. The third-order valence-corrected chi connectivity index (χ3v) is 4.36. The Morgan fingerprint density at radius 1 is 1.30 bits per heavy atom. The van der Waals surface area contributed by atoms with E-state index in [1.165, 1.54) is 25.7 Å². The quantitative estimate of drug-likeness (QED) is 0.878. The van der Waals surface area contributed by atoms with Gasteiger partial charge in [-0.15, -0.1) is 0 Å². The standard InChI is InChI=1S/C17H25NO2/c1-3-5-13-8-10-14(11-9-13)18-17(20)15-7-4-6-12(2)16(15)19/h4,6-7,13-14,19H,3,5,8-11H2,1-2H3,(H,18,20). The maximum atomic E-state index is 12.2. The van der Waals surface area contributed by atoms with E-state index in [1.54, 1.807) is 6.07 Å². The van der Waals surface area contributed by atoms with Gasteiger partial charge < -0.3 is 10.4 Å². The van der Waals surface area contributed by atoms with E-state index < -0.39 is 0 Å². The molecule has 0 spiro atoms. The van der Waals surface area contributed by atoms with Crippen LogP contribution in [0.15, 0.2) is 18.2 Å². The molecule has 2 N–H and O–H groups in total. The van der Waals surface area contributed by atoms with Gasteiger partial charge in [-0.05, 0) is 50.2 Å². The number of hydrogen-bond acceptors (Lipinski definition) is 2. The molecule has 0 unspecified atom stereocenters. The van der Waals surface area contributed by atoms with Crippen molar-refractivity contribution in [1.29, 1.82) is 0 Å². The van der Waals surface area contributed by atoms with Crippen molar-refractivity contribution in [1.82, 2.24) is 5.32 Å². The number of benzene rings is 1. The van der Waals surface area contributed by atoms with Crippen LogP contribution >= 0.6 is 0 Å². The number of aromatic hydroxyl groups is 1. The summed E-state index contributed by atoms with van der Waals surface area (Å²) in [5.41, 5.74) is 1.13. The summed E-state index contributed by atoms with van der Waals surface area (Å²) in [5, 5.41) is 13.0. The van der Waals surface area contributed by atoms with Crippen molar-refractivity contribution in [2.24, 2.45) is 5.92 Å². The molecule has 1 aliphatic carbocycles. The average Bonchev–Trinajstić information content (AvgIpc) is 2.44. The smallest absolute Gasteiger partial charge is 0.255 e. The second-order valence-corrected chi connectivity index (χ2v) is 5.95. The van der Waals surface area contributed by atoms with Gasteiger partial charge in [-0.3, -0.25) is 4.79 Å². The minimum atomic E-state index is -0.148. The van der Waals surface area contributed by atoms with Gasteiger partial charge in [0.25, 0.3) is 5.91 Å². The molecule has 0 heterocycles. The molecule has 0 aliphatic heterocycles. The summed E-state index contributed by atoms with van der Waals surface area (Å²) in [4.78, 5) is 12.2. The zero-order valence-corrected chi connectivity index (χ0v) is 12.5. The third-order valence-electron chi connectivity index (χ3n) is 4.36. The number of phenols is 1. The lowest BCUT2D eigenvalue weighted by molar-refractivity contribution is 0.0918. The van der Waals surface area contributed by atoms with Crippen molar-refractivity contribution in [3.63, 3.8) is 0 Å². The monoisotopic (exact) mass is 275 g/mol. The first-order valence-corrected chi connectivity index (χ1v) is 7.71. The van der Waals surface area contributed by atoms with Crippen LogP contribution < -0.4 is 5.32 Å². The molecule has 0 atom stereocenters. The van der Waals surface area contributed by atoms with Crippen LogP contribution in [-0.4, -0.2) is 17.1 Å². The normalized spacial score (nSPS) is 22.5. The van der Waals surface area contributed by atoms with Crippen LogP contribution in [0.5, 0.6) is 5.75 Å². The van der Waals surface area contributed by atoms with Crippen LogP contribution in [0.1, 0.15) is 61.4 Å². The lowest BCUT2D eigenvalue weighted by atomic mass is 9.83. The number of nitrogens with one attached hydrogen (secondary N) is 1. The first kappa shape index (κ1) is 14.9. The second kappa shape index (κ2) is 6.78. The van der Waals surface area contributed by atoms with Crippen LogP contribution in [0.4, 0.5) is 0 Å². The Kier molecular flexibility index (Phi) is 5.05. The SMILES string of the molecule is CCCC1CCC(NC(=O)c2cccc(C)c2O)CC1. The van der Waals surface area contributed by atoms with Gasteiger partial charge in [-0.2, -0.15) is 0 Å². The summed E-state index contributed by atoms with van der Waals surface area (Å²) in [6.45, 7) is 4.04. The van der Waals surface area contributed by atoms with Crippen LogP contribution in [-0.2, 0) is 0 Å². The molecule has 0 saturated heterocycles. The van der Waals surface area contributed by atoms with Crippen LogP contribution in [0.3, 0.4) is 0 Å². The fraction of sp³-hybridized carbons (Fsp3) is 0.588. The third kappa shape index (κ3) is 3.53. The molecule has 1 fully saturated rings. The Morgan fingerprint density at radius 3 is 2.65 bits per heavy atom. The number of rotatable bonds is 4. The Balaban J connectivity index is 1.91. The van der Waals surface area contributed by atoms with Gasteiger partial charge in [-0.25, -0.2) is 0 Å². The predicted octanol–water partition coefficient (Wildman–Crippen LogP) is 3.79. The highest BCUT2D eigenvalue weighted by atomic mass is 16.3. The zero-order chi connectivity index (χ0) is 14.5. The van der Waals surface area contributed by atoms with Crippen molar-refractivity contribution in [2.75, 3.05) is 0 Å². The van der Waals surface area contributed by atoms with Gasteiger partial charge in [0.2, 0.25) is 0 Å². The van der Waals surface area contributed by atoms with E-state index in [0.29, 0.717) is 5.56 Å². The minimum absolute atomic E-state index is 0.102. The largest absolute Gasteiger partial charge is 0.507 e. The summed E-state index contributed by atoms with van der Waals surface area (Å²) >= 11 is 0. The first-order chi connectivity index (χ1) is 9.61. The Bertz CT molecular complexity index is 462. The molecular weight excluding hydrogens is 250 g/mol. The molecular formula is C17H25NO2. The topological polar surface area (TPSA) is 49.3 Å². The maximum Gasteiger partial charge on any atom is 0.255 e. The van der Waals surface area contributed by atoms with Crippen LogP contribution in [0.2, 0.25) is 0 Å². The van der Waals surface area contributed by atoms with Crippen molar-refractivity contribution in [3.05, 3.63) is 29.3 Å². The lowest BCUT2D eigenvalue weighted by Gasteiger charge is -2.29. The van der Waals surface area contributed by atoms with E-state index >= 15 is 0 Å². The van der Waals surface area contributed by atoms with E-state index in [4.69, 9.17) is 0 Å². The summed E-state index contributed by atoms with van der Waals surface area (Å²) in [6.07, 6.45) is 7.08. The molecule has 1 aliphatic rings. The van der Waals surface area contributed by atoms with E-state index in [-0.39, 0.29) is 17.7 Å². The zero-order valence-electron chi connectivity index (χ0n) is 12.5. The summed E-state index contributed by atoms with van der Waals surface area (Å²) in [7, 11) is 0. The van der Waals surface area contributed by atoms with Crippen molar-refractivity contribution in [2.45, 2.75) is 58.4 Å². The van der Waals surface area contributed by atoms with Gasteiger partial charge in [0.05, 0.1) is 5.56 Å². The number of amides is 1. The summed E-state index contributed by atoms with van der Waals surface area (Å²) in [6, 6.07) is 5.56. The number of para-hydroxylation sites is 1. The van der Waals surface area contributed by atoms with Gasteiger partial charge in [0.1, 0.15) is 5.75 Å². The average molecular weight is 275 g/mol. The van der Waals surface area contributed by atoms with Crippen LogP contribution in [0, 0.1) is 12.8 Å². The molecule has 110 valence electrons. The second-order valence-electron chi connectivity index (χ2n) is 5.95. The van der Waals surface area contributed by atoms with Gasteiger partial charge >= 0.3 is 0 Å². The summed E-state index contributed by atoms with van der Waals surface area (Å²) in [5.74, 6) is 0.787. The van der Waals surface area contributed by atoms with Crippen molar-refractivity contribution >= 4 is 5.91 Å². The Labute approximate surface area is 121 Å². The molecule has 1 aromatic carbocycles. The fourth-order valence-electron chi connectivity index (χ4n) is 3.11. The van der Waals surface area contributed by atoms with Gasteiger partial charge in [0, 0.05) is 6.04 Å². The highest BCUT2D eigenvalue weighted by Gasteiger charge is 2.23. The molecule has 3 heteroatoms. The van der Waals surface area contributed by atoms with Crippen molar-refractivity contribution < 1.29 is 9.90 Å². The highest BCUT2D eigenvalue weighted by Crippen LogP contribution is 2.28. The minimum Gasteiger partial charge on any atom is -0.507 e. The van der Waals surface area contributed by atoms with E-state index in [2.05, 4.69) is 12.2 Å². The first-order valence-electron chi connectivity index (χ1n) is 7.71. The fourth-order valence-corrected chi connectivity index (χ4v) is 3.11. The molecule has 0 radical (unpaired) electrons.